The standard InChI is InChI=1S/C48H56N3O.C46H44N3O.2Pt/c1-29(2)35-18-16-19-36(30(3)4)43(35)51-41-22-17-20-37(31-24-32(40-21-14-15-23-49-40)26-33(25-31)46(5,6)7)42(41)50-45(51)38-27-34(47(8,9)10)28-39(44(38)52)48(11,12)13;1-29(2)38-27-32(31-16-9-8-10-17-31)28-39(30(3)4)44(38)49-41-21-15-19-36(43(41)48-45(49)37-18-11-12-22-42(37)50)33-24-34(40-20-13-14-23-47-40)26-35(25-33)46(5,6)7;;/h14-23,25-30,52H,1-13H3;8-23,25-30,50H,1-7H3;;/q2*-1;;. The molecule has 0 aliphatic heterocycles. The molecule has 104 heavy (non-hydrogen) atoms. The maximum Gasteiger partial charge on any atom is 0.148 e. The summed E-state index contributed by atoms with van der Waals surface area (Å²) in [6, 6.07) is 75.1. The number of nitrogens with zero attached hydrogens (tertiary/aromatic N) is 6. The molecule has 0 unspecified atom stereocenters. The zero-order valence-corrected chi connectivity index (χ0v) is 68.7. The third-order valence-electron chi connectivity index (χ3n) is 19.8. The van der Waals surface area contributed by atoms with Gasteiger partial charge < -0.3 is 10.2 Å². The molecule has 2 N–H and O–H groups in total. The molecule has 0 saturated heterocycles. The number of phenolic OH excluding ortho intramolecular Hbond substituents is 2. The molecule has 0 atom stereocenters. The molecule has 0 amide bonds. The number of aromatic nitrogens is 6. The molecule has 8 nitrogen and oxygen atoms in total. The first-order valence-electron chi connectivity index (χ1n) is 36.3. The van der Waals surface area contributed by atoms with Crippen LogP contribution in [0, 0.1) is 12.1 Å². The van der Waals surface area contributed by atoms with Crippen LogP contribution in [0.25, 0.3) is 112 Å². The molecule has 540 valence electrons. The second-order valence-corrected chi connectivity index (χ2v) is 32.9. The smallest absolute Gasteiger partial charge is 0.148 e. The molecule has 0 radical (unpaired) electrons. The van der Waals surface area contributed by atoms with Gasteiger partial charge in [-0.05, 0) is 139 Å². The zero-order valence-electron chi connectivity index (χ0n) is 64.1. The van der Waals surface area contributed by atoms with Crippen LogP contribution in [0.5, 0.6) is 11.5 Å². The van der Waals surface area contributed by atoms with Crippen molar-refractivity contribution in [2.45, 2.75) is 184 Å². The van der Waals surface area contributed by atoms with Crippen LogP contribution in [-0.4, -0.2) is 39.3 Å². The van der Waals surface area contributed by atoms with E-state index in [1.807, 2.05) is 67.0 Å². The van der Waals surface area contributed by atoms with E-state index in [1.165, 1.54) is 44.5 Å². The van der Waals surface area contributed by atoms with E-state index in [2.05, 4.69) is 298 Å². The van der Waals surface area contributed by atoms with Crippen molar-refractivity contribution in [2.24, 2.45) is 0 Å². The number of para-hydroxylation sites is 4. The van der Waals surface area contributed by atoms with Crippen molar-refractivity contribution in [1.82, 2.24) is 29.1 Å². The Morgan fingerprint density at radius 1 is 0.346 bits per heavy atom. The van der Waals surface area contributed by atoms with Gasteiger partial charge in [0.1, 0.15) is 23.1 Å². The van der Waals surface area contributed by atoms with Crippen LogP contribution in [0.3, 0.4) is 0 Å². The monoisotopic (exact) mass is 1730 g/mol. The maximum atomic E-state index is 12.3. The molecule has 10 heteroatoms. The van der Waals surface area contributed by atoms with Crippen molar-refractivity contribution in [2.75, 3.05) is 0 Å². The molecule has 0 aliphatic rings. The van der Waals surface area contributed by atoms with E-state index in [1.54, 1.807) is 6.07 Å². The SMILES string of the molecule is CC(C)c1cc(-c2ccccc2)cc(C(C)C)c1-n1c(-c2ccccc2O)nc2c(-c3[c-]c(-c4ccccn4)cc(C(C)(C)C)c3)cccc21.CC(C)c1cccc(C(C)C)c1-n1c(-c2cc(C(C)(C)C)cc(C(C)(C)C)c2O)nc2c(-c3[c-]c(-c4ccccn4)cc(C(C)(C)C)c3)cccc21.[Pt].[Pt]. The Morgan fingerprint density at radius 2 is 0.731 bits per heavy atom. The van der Waals surface area contributed by atoms with Gasteiger partial charge in [0, 0.05) is 71.5 Å². The maximum absolute atomic E-state index is 12.3. The van der Waals surface area contributed by atoms with Crippen LogP contribution < -0.4 is 0 Å². The molecule has 9 aromatic carbocycles. The summed E-state index contributed by atoms with van der Waals surface area (Å²) in [5.41, 5.74) is 26.2. The first-order valence-corrected chi connectivity index (χ1v) is 36.3. The minimum atomic E-state index is -0.286. The molecule has 0 bridgehead atoms. The van der Waals surface area contributed by atoms with Crippen molar-refractivity contribution in [3.05, 3.63) is 263 Å². The minimum Gasteiger partial charge on any atom is -0.507 e. The van der Waals surface area contributed by atoms with Gasteiger partial charge in [0.25, 0.3) is 0 Å². The normalized spacial score (nSPS) is 12.1. The number of pyridine rings is 2. The minimum absolute atomic E-state index is 0. The van der Waals surface area contributed by atoms with Gasteiger partial charge in [-0.2, -0.15) is 0 Å². The number of hydrogen-bond acceptors (Lipinski definition) is 6. The second kappa shape index (κ2) is 30.7. The average molecular weight is 1740 g/mol. The number of imidazole rings is 2. The predicted octanol–water partition coefficient (Wildman–Crippen LogP) is 25.2. The molecular formula is C94H100N6O2Pt2-2. The molecule has 13 rings (SSSR count). The summed E-state index contributed by atoms with van der Waals surface area (Å²) in [6.07, 6.45) is 3.67. The molecule has 0 fully saturated rings. The number of fused-ring (bicyclic) bond motifs is 2. The Balaban J connectivity index is 0.000000219. The Hall–Kier alpha value is -8.80. The summed E-state index contributed by atoms with van der Waals surface area (Å²) in [5.74, 6) is 2.90. The van der Waals surface area contributed by atoms with E-state index in [0.717, 1.165) is 101 Å². The van der Waals surface area contributed by atoms with Gasteiger partial charge in [-0.25, -0.2) is 9.97 Å². The van der Waals surface area contributed by atoms with E-state index >= 15 is 0 Å². The number of phenols is 2. The summed E-state index contributed by atoms with van der Waals surface area (Å²) < 4.78 is 4.63. The van der Waals surface area contributed by atoms with Crippen LogP contribution in [-0.2, 0) is 63.8 Å². The fourth-order valence-electron chi connectivity index (χ4n) is 13.9. The van der Waals surface area contributed by atoms with E-state index in [9.17, 15) is 10.2 Å². The van der Waals surface area contributed by atoms with Crippen LogP contribution >= 0.6 is 0 Å². The molecule has 4 aromatic heterocycles. The van der Waals surface area contributed by atoms with Gasteiger partial charge in [0.05, 0.1) is 44.6 Å². The Morgan fingerprint density at radius 3 is 1.14 bits per heavy atom. The molecule has 13 aromatic rings. The van der Waals surface area contributed by atoms with Crippen LogP contribution in [0.2, 0.25) is 0 Å². The van der Waals surface area contributed by atoms with Gasteiger partial charge >= 0.3 is 0 Å². The Kier molecular flexibility index (Phi) is 23.0. The quantitative estimate of drug-likeness (QED) is 0.112. The van der Waals surface area contributed by atoms with Crippen LogP contribution in [0.15, 0.2) is 207 Å². The molecule has 0 aliphatic carbocycles. The first kappa shape index (κ1) is 77.8. The Bertz CT molecular complexity index is 5170. The number of aromatic hydroxyl groups is 2. The fraction of sp³-hybridized carbons (Fsp3) is 0.298. The van der Waals surface area contributed by atoms with Gasteiger partial charge in [0.15, 0.2) is 0 Å². The fourth-order valence-corrected chi connectivity index (χ4v) is 13.9. The number of hydrogen-bond donors (Lipinski definition) is 2. The van der Waals surface area contributed by atoms with Gasteiger partial charge in [-0.1, -0.05) is 276 Å². The second-order valence-electron chi connectivity index (χ2n) is 32.9. The van der Waals surface area contributed by atoms with Gasteiger partial charge in [0.2, 0.25) is 0 Å². The van der Waals surface area contributed by atoms with Crippen molar-refractivity contribution in [1.29, 1.82) is 0 Å². The summed E-state index contributed by atoms with van der Waals surface area (Å²) in [7, 11) is 0. The summed E-state index contributed by atoms with van der Waals surface area (Å²) in [6.45, 7) is 44.7. The third kappa shape index (κ3) is 15.8. The summed E-state index contributed by atoms with van der Waals surface area (Å²) in [4.78, 5) is 20.4. The summed E-state index contributed by atoms with van der Waals surface area (Å²) >= 11 is 0. The molecule has 0 spiro atoms. The topological polar surface area (TPSA) is 102 Å². The Labute approximate surface area is 647 Å². The van der Waals surface area contributed by atoms with Gasteiger partial charge in [-0.3, -0.25) is 19.1 Å². The van der Waals surface area contributed by atoms with Crippen molar-refractivity contribution < 1.29 is 52.3 Å². The van der Waals surface area contributed by atoms with E-state index < -0.39 is 0 Å². The van der Waals surface area contributed by atoms with Crippen molar-refractivity contribution in [3.8, 4) is 102 Å². The van der Waals surface area contributed by atoms with Crippen LogP contribution in [0.1, 0.15) is 207 Å². The number of benzene rings is 9. The molecule has 0 saturated carbocycles. The van der Waals surface area contributed by atoms with Gasteiger partial charge in [-0.15, -0.1) is 58.7 Å². The third-order valence-corrected chi connectivity index (χ3v) is 19.8. The first-order chi connectivity index (χ1) is 48.3. The van der Waals surface area contributed by atoms with E-state index in [-0.39, 0.29) is 99.0 Å². The molecular weight excluding hydrogens is 1640 g/mol. The average Bonchev–Trinajstić information content (AvgIpc) is 1.61. The zero-order chi connectivity index (χ0) is 73.1. The predicted molar refractivity (Wildman–Crippen MR) is 428 cm³/mol. The van der Waals surface area contributed by atoms with Crippen molar-refractivity contribution in [3.63, 3.8) is 0 Å². The van der Waals surface area contributed by atoms with Crippen molar-refractivity contribution >= 4 is 22.1 Å². The summed E-state index contributed by atoms with van der Waals surface area (Å²) in [5, 5.41) is 23.6. The largest absolute Gasteiger partial charge is 0.507 e. The molecule has 4 heterocycles. The van der Waals surface area contributed by atoms with E-state index in [4.69, 9.17) is 15.0 Å². The van der Waals surface area contributed by atoms with E-state index in [0.29, 0.717) is 11.4 Å². The van der Waals surface area contributed by atoms with Crippen LogP contribution in [0.4, 0.5) is 0 Å². The number of rotatable bonds is 13.